The average molecular weight is 386 g/mol. The van der Waals surface area contributed by atoms with E-state index in [0.717, 1.165) is 22.6 Å². The molecular weight excluding hydrogens is 364 g/mol. The first kappa shape index (κ1) is 19.1. The van der Waals surface area contributed by atoms with Gasteiger partial charge in [-0.25, -0.2) is 18.1 Å². The van der Waals surface area contributed by atoms with Crippen LogP contribution >= 0.6 is 0 Å². The Morgan fingerprint density at radius 1 is 1.07 bits per heavy atom. The standard InChI is InChI=1S/C20H22N2O4S/c1-15-19(22-20(26-15)17-8-10-18(25-2)11-9-17)12-13-21-27(23,24)14-16-6-4-3-5-7-16/h3-11,21H,12-14H2,1-2H3. The van der Waals surface area contributed by atoms with Crippen LogP contribution in [0.3, 0.4) is 0 Å². The van der Waals surface area contributed by atoms with Crippen molar-refractivity contribution >= 4 is 10.0 Å². The quantitative estimate of drug-likeness (QED) is 0.642. The molecule has 0 unspecified atom stereocenters. The van der Waals surface area contributed by atoms with Crippen molar-refractivity contribution in [3.05, 3.63) is 71.6 Å². The maximum Gasteiger partial charge on any atom is 0.226 e. The Morgan fingerprint density at radius 3 is 2.44 bits per heavy atom. The van der Waals surface area contributed by atoms with Gasteiger partial charge >= 0.3 is 0 Å². The molecule has 0 amide bonds. The van der Waals surface area contributed by atoms with Crippen molar-refractivity contribution in [2.24, 2.45) is 0 Å². The summed E-state index contributed by atoms with van der Waals surface area (Å²) in [6.07, 6.45) is 0.458. The number of sulfonamides is 1. The molecule has 2 aromatic carbocycles. The van der Waals surface area contributed by atoms with Crippen LogP contribution in [0, 0.1) is 6.92 Å². The van der Waals surface area contributed by atoms with Gasteiger partial charge in [-0.2, -0.15) is 0 Å². The topological polar surface area (TPSA) is 81.4 Å². The van der Waals surface area contributed by atoms with Gasteiger partial charge in [0.25, 0.3) is 0 Å². The summed E-state index contributed by atoms with van der Waals surface area (Å²) in [4.78, 5) is 4.50. The third-order valence-corrected chi connectivity index (χ3v) is 5.47. The molecule has 27 heavy (non-hydrogen) atoms. The second-order valence-corrected chi connectivity index (χ2v) is 7.95. The van der Waals surface area contributed by atoms with Gasteiger partial charge in [0.05, 0.1) is 18.6 Å². The Kier molecular flexibility index (Phi) is 5.93. The molecular formula is C20H22N2O4S. The molecule has 0 saturated heterocycles. The third kappa shape index (κ3) is 5.18. The zero-order chi connectivity index (χ0) is 19.3. The van der Waals surface area contributed by atoms with Crippen molar-refractivity contribution in [1.29, 1.82) is 0 Å². The number of oxazole rings is 1. The lowest BCUT2D eigenvalue weighted by molar-refractivity contribution is 0.415. The Bertz CT molecular complexity index is 981. The number of benzene rings is 2. The lowest BCUT2D eigenvalue weighted by Crippen LogP contribution is -2.27. The summed E-state index contributed by atoms with van der Waals surface area (Å²) in [5.74, 6) is 1.92. The minimum absolute atomic E-state index is 0.0390. The second-order valence-electron chi connectivity index (χ2n) is 6.14. The van der Waals surface area contributed by atoms with E-state index in [1.54, 1.807) is 19.2 Å². The maximum atomic E-state index is 12.2. The van der Waals surface area contributed by atoms with Crippen molar-refractivity contribution < 1.29 is 17.6 Å². The number of methoxy groups -OCH3 is 1. The number of hydrogen-bond acceptors (Lipinski definition) is 5. The normalized spacial score (nSPS) is 11.5. The molecule has 0 aliphatic heterocycles. The number of nitrogens with one attached hydrogen (secondary N) is 1. The first-order valence-corrected chi connectivity index (χ1v) is 10.2. The Hall–Kier alpha value is -2.64. The van der Waals surface area contributed by atoms with E-state index >= 15 is 0 Å². The van der Waals surface area contributed by atoms with Gasteiger partial charge < -0.3 is 9.15 Å². The molecule has 7 heteroatoms. The van der Waals surface area contributed by atoms with Gasteiger partial charge in [0.2, 0.25) is 15.9 Å². The highest BCUT2D eigenvalue weighted by Crippen LogP contribution is 2.24. The van der Waals surface area contributed by atoms with Crippen LogP contribution in [-0.4, -0.2) is 27.1 Å². The van der Waals surface area contributed by atoms with Crippen LogP contribution < -0.4 is 9.46 Å². The Morgan fingerprint density at radius 2 is 1.78 bits per heavy atom. The molecule has 0 aliphatic carbocycles. The number of rotatable bonds is 8. The highest BCUT2D eigenvalue weighted by Gasteiger charge is 2.14. The van der Waals surface area contributed by atoms with E-state index in [4.69, 9.17) is 9.15 Å². The van der Waals surface area contributed by atoms with E-state index in [0.29, 0.717) is 18.1 Å². The summed E-state index contributed by atoms with van der Waals surface area (Å²) in [5.41, 5.74) is 2.34. The van der Waals surface area contributed by atoms with Crippen molar-refractivity contribution in [3.63, 3.8) is 0 Å². The van der Waals surface area contributed by atoms with Crippen molar-refractivity contribution in [2.45, 2.75) is 19.1 Å². The Labute approximate surface area is 159 Å². The van der Waals surface area contributed by atoms with E-state index in [9.17, 15) is 8.42 Å². The van der Waals surface area contributed by atoms with Gasteiger partial charge in [-0.1, -0.05) is 30.3 Å². The summed E-state index contributed by atoms with van der Waals surface area (Å²) in [6, 6.07) is 16.5. The molecule has 1 heterocycles. The molecule has 3 aromatic rings. The monoisotopic (exact) mass is 386 g/mol. The number of aryl methyl sites for hydroxylation is 1. The highest BCUT2D eigenvalue weighted by atomic mass is 32.2. The van der Waals surface area contributed by atoms with E-state index in [2.05, 4.69) is 9.71 Å². The lowest BCUT2D eigenvalue weighted by Gasteiger charge is -2.06. The fourth-order valence-electron chi connectivity index (χ4n) is 2.69. The Balaban J connectivity index is 1.60. The third-order valence-electron chi connectivity index (χ3n) is 4.11. The van der Waals surface area contributed by atoms with Crippen LogP contribution in [0.25, 0.3) is 11.5 Å². The van der Waals surface area contributed by atoms with Gasteiger partial charge in [-0.15, -0.1) is 0 Å². The minimum Gasteiger partial charge on any atom is -0.497 e. The number of nitrogens with zero attached hydrogens (tertiary/aromatic N) is 1. The zero-order valence-corrected chi connectivity index (χ0v) is 16.1. The van der Waals surface area contributed by atoms with E-state index < -0.39 is 10.0 Å². The summed E-state index contributed by atoms with van der Waals surface area (Å²) >= 11 is 0. The van der Waals surface area contributed by atoms with E-state index in [1.165, 1.54) is 0 Å². The molecule has 0 aliphatic rings. The van der Waals surface area contributed by atoms with E-state index in [1.807, 2.05) is 49.4 Å². The molecule has 0 spiro atoms. The number of aromatic nitrogens is 1. The average Bonchev–Trinajstić information content (AvgIpc) is 3.03. The van der Waals surface area contributed by atoms with Gasteiger partial charge in [0.1, 0.15) is 11.5 Å². The summed E-state index contributed by atoms with van der Waals surface area (Å²) in [5, 5.41) is 0. The molecule has 1 N–H and O–H groups in total. The molecule has 0 bridgehead atoms. The van der Waals surface area contributed by atoms with Crippen molar-refractivity contribution in [2.75, 3.05) is 13.7 Å². The van der Waals surface area contributed by atoms with Crippen LogP contribution in [0.5, 0.6) is 5.75 Å². The van der Waals surface area contributed by atoms with E-state index in [-0.39, 0.29) is 12.3 Å². The largest absolute Gasteiger partial charge is 0.497 e. The highest BCUT2D eigenvalue weighted by molar-refractivity contribution is 7.88. The van der Waals surface area contributed by atoms with Crippen LogP contribution in [0.2, 0.25) is 0 Å². The first-order chi connectivity index (χ1) is 13.0. The van der Waals surface area contributed by atoms with Crippen LogP contribution in [0.15, 0.2) is 59.0 Å². The predicted octanol–water partition coefficient (Wildman–Crippen LogP) is 3.32. The fraction of sp³-hybridized carbons (Fsp3) is 0.250. The fourth-order valence-corrected chi connectivity index (χ4v) is 3.83. The summed E-state index contributed by atoms with van der Waals surface area (Å²) < 4.78 is 37.9. The lowest BCUT2D eigenvalue weighted by atomic mass is 10.2. The smallest absolute Gasteiger partial charge is 0.226 e. The molecule has 0 saturated carbocycles. The predicted molar refractivity (Wildman–Crippen MR) is 104 cm³/mol. The molecule has 3 rings (SSSR count). The SMILES string of the molecule is COc1ccc(-c2nc(CCNS(=O)(=O)Cc3ccccc3)c(C)o2)cc1. The van der Waals surface area contributed by atoms with Crippen LogP contribution in [-0.2, 0) is 22.2 Å². The van der Waals surface area contributed by atoms with Gasteiger partial charge in [-0.05, 0) is 36.8 Å². The maximum absolute atomic E-state index is 12.2. The van der Waals surface area contributed by atoms with Gasteiger partial charge in [-0.3, -0.25) is 0 Å². The summed E-state index contributed by atoms with van der Waals surface area (Å²) in [7, 11) is -1.78. The van der Waals surface area contributed by atoms with Crippen molar-refractivity contribution in [1.82, 2.24) is 9.71 Å². The van der Waals surface area contributed by atoms with Crippen molar-refractivity contribution in [3.8, 4) is 17.2 Å². The van der Waals surface area contributed by atoms with Crippen LogP contribution in [0.4, 0.5) is 0 Å². The van der Waals surface area contributed by atoms with Gasteiger partial charge in [0, 0.05) is 18.5 Å². The van der Waals surface area contributed by atoms with Gasteiger partial charge in [0.15, 0.2) is 0 Å². The van der Waals surface area contributed by atoms with Crippen LogP contribution in [0.1, 0.15) is 17.0 Å². The second kappa shape index (κ2) is 8.37. The molecule has 0 atom stereocenters. The molecule has 0 radical (unpaired) electrons. The minimum atomic E-state index is -3.39. The zero-order valence-electron chi connectivity index (χ0n) is 15.3. The number of hydrogen-bond donors (Lipinski definition) is 1. The molecule has 142 valence electrons. The summed E-state index contributed by atoms with van der Waals surface area (Å²) in [6.45, 7) is 2.10. The molecule has 6 nitrogen and oxygen atoms in total. The number of ether oxygens (including phenoxy) is 1. The first-order valence-electron chi connectivity index (χ1n) is 8.59. The molecule has 0 fully saturated rings. The molecule has 1 aromatic heterocycles.